The van der Waals surface area contributed by atoms with Crippen molar-refractivity contribution in [2.75, 3.05) is 13.2 Å². The second kappa shape index (κ2) is 5.86. The molecule has 0 aliphatic rings. The van der Waals surface area contributed by atoms with Crippen molar-refractivity contribution < 1.29 is 9.47 Å². The van der Waals surface area contributed by atoms with Crippen LogP contribution >= 0.6 is 7.85 Å². The summed E-state index contributed by atoms with van der Waals surface area (Å²) in [5, 5.41) is 0. The summed E-state index contributed by atoms with van der Waals surface area (Å²) in [7, 11) is -0.621. The largest absolute Gasteiger partial charge is 0.474 e. The van der Waals surface area contributed by atoms with Crippen molar-refractivity contribution in [3.8, 4) is 11.8 Å². The van der Waals surface area contributed by atoms with Gasteiger partial charge in [-0.3, -0.25) is 0 Å². The number of hydrogen-bond donors (Lipinski definition) is 0. The Kier molecular flexibility index (Phi) is 4.74. The summed E-state index contributed by atoms with van der Waals surface area (Å²) in [5.41, 5.74) is 0. The number of aromatic nitrogens is 2. The lowest BCUT2D eigenvalue weighted by atomic mass is 10.6. The highest BCUT2D eigenvalue weighted by Crippen LogP contribution is 2.35. The van der Waals surface area contributed by atoms with Crippen LogP contribution in [-0.2, 0) is 6.16 Å². The van der Waals surface area contributed by atoms with Gasteiger partial charge in [-0.2, -0.15) is 9.49 Å². The maximum absolute atomic E-state index is 5.35. The SMILES string of the molecule is CCCp1nc(OCC)c(OCC)n1. The Bertz CT molecular complexity index is 252. The topological polar surface area (TPSA) is 44.2 Å². The third kappa shape index (κ3) is 2.88. The molecule has 0 aromatic carbocycles. The van der Waals surface area contributed by atoms with Crippen LogP contribution in [0.3, 0.4) is 0 Å². The van der Waals surface area contributed by atoms with Gasteiger partial charge in [-0.25, -0.2) is 0 Å². The van der Waals surface area contributed by atoms with Crippen molar-refractivity contribution in [3.05, 3.63) is 0 Å². The Morgan fingerprint density at radius 3 is 1.86 bits per heavy atom. The molecule has 0 spiro atoms. The molecule has 0 saturated carbocycles. The summed E-state index contributed by atoms with van der Waals surface area (Å²) >= 11 is 0. The molecule has 0 radical (unpaired) electrons. The first kappa shape index (κ1) is 11.3. The van der Waals surface area contributed by atoms with E-state index in [-0.39, 0.29) is 0 Å². The smallest absolute Gasteiger partial charge is 0.283 e. The molecule has 1 aromatic heterocycles. The van der Waals surface area contributed by atoms with Crippen molar-refractivity contribution in [3.63, 3.8) is 0 Å². The molecule has 14 heavy (non-hydrogen) atoms. The molecule has 0 N–H and O–H groups in total. The molecule has 0 saturated heterocycles. The maximum atomic E-state index is 5.35. The molecular formula is C9H17N2O2P. The predicted molar refractivity (Wildman–Crippen MR) is 57.4 cm³/mol. The van der Waals surface area contributed by atoms with Gasteiger partial charge in [0.1, 0.15) is 0 Å². The zero-order valence-corrected chi connectivity index (χ0v) is 9.88. The van der Waals surface area contributed by atoms with Crippen LogP contribution < -0.4 is 9.47 Å². The van der Waals surface area contributed by atoms with E-state index in [2.05, 4.69) is 16.4 Å². The van der Waals surface area contributed by atoms with E-state index in [1.807, 2.05) is 13.8 Å². The molecule has 0 aliphatic carbocycles. The minimum atomic E-state index is -0.621. The van der Waals surface area contributed by atoms with E-state index in [0.29, 0.717) is 25.0 Å². The summed E-state index contributed by atoms with van der Waals surface area (Å²) in [4.78, 5) is 0. The fourth-order valence-corrected chi connectivity index (χ4v) is 2.42. The summed E-state index contributed by atoms with van der Waals surface area (Å²) in [6.07, 6.45) is 2.11. The van der Waals surface area contributed by atoms with Crippen molar-refractivity contribution in [1.29, 1.82) is 0 Å². The summed E-state index contributed by atoms with van der Waals surface area (Å²) in [5.74, 6) is 1.18. The summed E-state index contributed by atoms with van der Waals surface area (Å²) in [6.45, 7) is 7.23. The first-order chi connectivity index (χ1) is 6.81. The van der Waals surface area contributed by atoms with E-state index in [4.69, 9.17) is 9.47 Å². The molecule has 1 rings (SSSR count). The average molecular weight is 216 g/mol. The molecule has 4 nitrogen and oxygen atoms in total. The Morgan fingerprint density at radius 2 is 1.50 bits per heavy atom. The second-order valence-corrected chi connectivity index (χ2v) is 4.36. The number of aryl methyl sites for hydroxylation is 1. The third-order valence-electron chi connectivity index (χ3n) is 1.58. The quantitative estimate of drug-likeness (QED) is 0.733. The van der Waals surface area contributed by atoms with E-state index in [1.54, 1.807) is 0 Å². The Morgan fingerprint density at radius 1 is 1.00 bits per heavy atom. The van der Waals surface area contributed by atoms with Gasteiger partial charge in [-0.05, 0) is 20.3 Å². The fraction of sp³-hybridized carbons (Fsp3) is 0.778. The van der Waals surface area contributed by atoms with Crippen LogP contribution in [0.2, 0.25) is 0 Å². The van der Waals surface area contributed by atoms with Gasteiger partial charge in [-0.15, -0.1) is 0 Å². The first-order valence-corrected chi connectivity index (χ1v) is 6.45. The van der Waals surface area contributed by atoms with Crippen molar-refractivity contribution in [2.24, 2.45) is 0 Å². The molecule has 80 valence electrons. The lowest BCUT2D eigenvalue weighted by molar-refractivity contribution is 0.276. The highest BCUT2D eigenvalue weighted by atomic mass is 31.1. The minimum Gasteiger partial charge on any atom is -0.474 e. The van der Waals surface area contributed by atoms with Crippen molar-refractivity contribution in [1.82, 2.24) is 9.49 Å². The molecule has 0 aliphatic heterocycles. The average Bonchev–Trinajstić information content (AvgIpc) is 2.50. The lowest BCUT2D eigenvalue weighted by Gasteiger charge is -2.01. The van der Waals surface area contributed by atoms with E-state index >= 15 is 0 Å². The zero-order valence-electron chi connectivity index (χ0n) is 8.99. The highest BCUT2D eigenvalue weighted by molar-refractivity contribution is 7.40. The van der Waals surface area contributed by atoms with Gasteiger partial charge in [-0.1, -0.05) is 6.92 Å². The normalized spacial score (nSPS) is 10.2. The van der Waals surface area contributed by atoms with Crippen LogP contribution in [-0.4, -0.2) is 22.7 Å². The van der Waals surface area contributed by atoms with Crippen LogP contribution in [0.5, 0.6) is 11.8 Å². The number of rotatable bonds is 6. The predicted octanol–water partition coefficient (Wildman–Crippen LogP) is 2.67. The third-order valence-corrected chi connectivity index (χ3v) is 3.25. The molecule has 5 heteroatoms. The summed E-state index contributed by atoms with van der Waals surface area (Å²) in [6, 6.07) is 0. The van der Waals surface area contributed by atoms with Crippen molar-refractivity contribution >= 4 is 7.85 Å². The van der Waals surface area contributed by atoms with Gasteiger partial charge in [0.15, 0.2) is 0 Å². The van der Waals surface area contributed by atoms with Crippen LogP contribution in [0, 0.1) is 0 Å². The number of ether oxygens (including phenoxy) is 2. The molecule has 1 aromatic rings. The lowest BCUT2D eigenvalue weighted by Crippen LogP contribution is -1.97. The van der Waals surface area contributed by atoms with Crippen LogP contribution in [0.1, 0.15) is 27.2 Å². The molecule has 1 heterocycles. The van der Waals surface area contributed by atoms with E-state index in [1.165, 1.54) is 0 Å². The standard InChI is InChI=1S/C9H17N2O2P/c1-4-7-14-10-8(12-5-2)9(11-14)13-6-3/h4-7H2,1-3H3. The Labute approximate surface area is 85.8 Å². The summed E-state index contributed by atoms with van der Waals surface area (Å²) < 4.78 is 19.5. The Hall–Kier alpha value is -0.760. The highest BCUT2D eigenvalue weighted by Gasteiger charge is 2.12. The minimum absolute atomic E-state index is 0.592. The van der Waals surface area contributed by atoms with Gasteiger partial charge in [0, 0.05) is 6.16 Å². The molecule has 0 unspecified atom stereocenters. The zero-order chi connectivity index (χ0) is 10.4. The van der Waals surface area contributed by atoms with E-state index in [0.717, 1.165) is 12.6 Å². The van der Waals surface area contributed by atoms with E-state index in [9.17, 15) is 0 Å². The Balaban J connectivity index is 2.76. The maximum Gasteiger partial charge on any atom is 0.283 e. The fourth-order valence-electron chi connectivity index (χ4n) is 1.07. The van der Waals surface area contributed by atoms with Gasteiger partial charge in [0.05, 0.1) is 21.1 Å². The molecular weight excluding hydrogens is 199 g/mol. The van der Waals surface area contributed by atoms with Gasteiger partial charge in [0.25, 0.3) is 11.8 Å². The van der Waals surface area contributed by atoms with Crippen LogP contribution in [0.15, 0.2) is 0 Å². The van der Waals surface area contributed by atoms with Gasteiger partial charge >= 0.3 is 0 Å². The monoisotopic (exact) mass is 216 g/mol. The van der Waals surface area contributed by atoms with Crippen LogP contribution in [0.25, 0.3) is 0 Å². The molecule has 0 amide bonds. The second-order valence-electron chi connectivity index (χ2n) is 2.77. The molecule has 0 bridgehead atoms. The van der Waals surface area contributed by atoms with Gasteiger partial charge in [0.2, 0.25) is 0 Å². The first-order valence-electron chi connectivity index (χ1n) is 5.02. The van der Waals surface area contributed by atoms with Crippen molar-refractivity contribution in [2.45, 2.75) is 33.4 Å². The van der Waals surface area contributed by atoms with Crippen LogP contribution in [0.4, 0.5) is 0 Å². The molecule has 0 fully saturated rings. The van der Waals surface area contributed by atoms with E-state index < -0.39 is 7.85 Å². The molecule has 0 atom stereocenters. The number of hydrogen-bond acceptors (Lipinski definition) is 4. The van der Waals surface area contributed by atoms with Gasteiger partial charge < -0.3 is 9.47 Å². The number of nitrogens with zero attached hydrogens (tertiary/aromatic N) is 2.